The Kier molecular flexibility index (Phi) is 6.77. The highest BCUT2D eigenvalue weighted by Gasteiger charge is 2.09. The minimum atomic E-state index is -0.128. The first-order valence-corrected chi connectivity index (χ1v) is 9.92. The van der Waals surface area contributed by atoms with E-state index >= 15 is 0 Å². The number of phenolic OH excluding ortho intramolecular Hbond substituents is 1. The van der Waals surface area contributed by atoms with Gasteiger partial charge in [-0.05, 0) is 48.0 Å². The summed E-state index contributed by atoms with van der Waals surface area (Å²) in [7, 11) is 0. The number of ether oxygens (including phenoxy) is 1. The Morgan fingerprint density at radius 3 is 2.41 bits per heavy atom. The van der Waals surface area contributed by atoms with Gasteiger partial charge in [0.15, 0.2) is 5.75 Å². The standard InChI is InChI=1S/C20H15BrCl3NO2/c21-14-4-5-19(27-11-12-2-1-3-15(22)6-12)13(7-14)10-25-16-8-17(23)20(26)18(24)9-16/h1-9,25-26H,10-11H2. The number of aromatic hydroxyl groups is 1. The highest BCUT2D eigenvalue weighted by molar-refractivity contribution is 9.10. The number of anilines is 1. The van der Waals surface area contributed by atoms with E-state index in [-0.39, 0.29) is 15.8 Å². The smallest absolute Gasteiger partial charge is 0.152 e. The minimum Gasteiger partial charge on any atom is -0.505 e. The maximum atomic E-state index is 9.67. The molecule has 3 rings (SSSR count). The lowest BCUT2D eigenvalue weighted by Crippen LogP contribution is -2.04. The number of hydrogen-bond acceptors (Lipinski definition) is 3. The molecule has 0 saturated carbocycles. The van der Waals surface area contributed by atoms with Gasteiger partial charge in [-0.2, -0.15) is 0 Å². The van der Waals surface area contributed by atoms with Gasteiger partial charge in [-0.3, -0.25) is 0 Å². The summed E-state index contributed by atoms with van der Waals surface area (Å²) >= 11 is 21.4. The first-order chi connectivity index (χ1) is 12.9. The molecule has 0 aliphatic heterocycles. The highest BCUT2D eigenvalue weighted by atomic mass is 79.9. The van der Waals surface area contributed by atoms with E-state index < -0.39 is 0 Å². The summed E-state index contributed by atoms with van der Waals surface area (Å²) in [6.45, 7) is 0.897. The molecular weight excluding hydrogens is 472 g/mol. The van der Waals surface area contributed by atoms with E-state index in [4.69, 9.17) is 39.5 Å². The van der Waals surface area contributed by atoms with Crippen LogP contribution in [0.25, 0.3) is 0 Å². The second kappa shape index (κ2) is 9.07. The van der Waals surface area contributed by atoms with Crippen LogP contribution in [-0.2, 0) is 13.2 Å². The van der Waals surface area contributed by atoms with Crippen molar-refractivity contribution < 1.29 is 9.84 Å². The van der Waals surface area contributed by atoms with Crippen LogP contribution in [0.2, 0.25) is 15.1 Å². The maximum Gasteiger partial charge on any atom is 0.152 e. The Balaban J connectivity index is 1.74. The molecule has 27 heavy (non-hydrogen) atoms. The molecule has 0 heterocycles. The number of halogens is 4. The van der Waals surface area contributed by atoms with Crippen molar-refractivity contribution in [2.24, 2.45) is 0 Å². The van der Waals surface area contributed by atoms with Gasteiger partial charge in [0, 0.05) is 27.3 Å². The molecule has 0 aromatic heterocycles. The van der Waals surface area contributed by atoms with Gasteiger partial charge in [-0.15, -0.1) is 0 Å². The van der Waals surface area contributed by atoms with Crippen molar-refractivity contribution in [2.75, 3.05) is 5.32 Å². The zero-order valence-corrected chi connectivity index (χ0v) is 17.8. The van der Waals surface area contributed by atoms with Crippen LogP contribution in [-0.4, -0.2) is 5.11 Å². The van der Waals surface area contributed by atoms with Crippen LogP contribution in [0.3, 0.4) is 0 Å². The molecule has 0 unspecified atom stereocenters. The SMILES string of the molecule is Oc1c(Cl)cc(NCc2cc(Br)ccc2OCc2cccc(Cl)c2)cc1Cl. The van der Waals surface area contributed by atoms with Gasteiger partial charge in [0.2, 0.25) is 0 Å². The highest BCUT2D eigenvalue weighted by Crippen LogP contribution is 2.35. The minimum absolute atomic E-state index is 0.128. The lowest BCUT2D eigenvalue weighted by atomic mass is 10.2. The first kappa shape index (κ1) is 20.2. The van der Waals surface area contributed by atoms with E-state index in [0.717, 1.165) is 21.3 Å². The van der Waals surface area contributed by atoms with Gasteiger partial charge in [0.25, 0.3) is 0 Å². The van der Waals surface area contributed by atoms with Gasteiger partial charge in [0.1, 0.15) is 12.4 Å². The predicted molar refractivity (Wildman–Crippen MR) is 115 cm³/mol. The van der Waals surface area contributed by atoms with Crippen LogP contribution in [0.15, 0.2) is 59.1 Å². The summed E-state index contributed by atoms with van der Waals surface area (Å²) in [5.74, 6) is 0.624. The third-order valence-corrected chi connectivity index (χ3v) is 5.11. The van der Waals surface area contributed by atoms with Crippen LogP contribution in [0.4, 0.5) is 5.69 Å². The van der Waals surface area contributed by atoms with Crippen molar-refractivity contribution >= 4 is 56.4 Å². The molecule has 0 aliphatic rings. The normalized spacial score (nSPS) is 10.7. The number of hydrogen-bond donors (Lipinski definition) is 2. The van der Waals surface area contributed by atoms with Crippen LogP contribution >= 0.6 is 50.7 Å². The number of rotatable bonds is 6. The van der Waals surface area contributed by atoms with Gasteiger partial charge < -0.3 is 15.2 Å². The fraction of sp³-hybridized carbons (Fsp3) is 0.100. The van der Waals surface area contributed by atoms with E-state index in [1.807, 2.05) is 42.5 Å². The number of benzene rings is 3. The Morgan fingerprint density at radius 1 is 0.963 bits per heavy atom. The third-order valence-electron chi connectivity index (χ3n) is 3.81. The number of phenols is 1. The average Bonchev–Trinajstić information content (AvgIpc) is 2.63. The van der Waals surface area contributed by atoms with E-state index in [1.165, 1.54) is 0 Å². The summed E-state index contributed by atoms with van der Waals surface area (Å²) in [6.07, 6.45) is 0. The van der Waals surface area contributed by atoms with E-state index in [1.54, 1.807) is 12.1 Å². The summed E-state index contributed by atoms with van der Waals surface area (Å²) in [4.78, 5) is 0. The zero-order valence-electron chi connectivity index (χ0n) is 14.0. The molecule has 3 aromatic carbocycles. The van der Waals surface area contributed by atoms with Crippen LogP contribution in [0.1, 0.15) is 11.1 Å². The summed E-state index contributed by atoms with van der Waals surface area (Å²) in [6, 6.07) is 16.6. The van der Waals surface area contributed by atoms with Gasteiger partial charge in [0.05, 0.1) is 10.0 Å². The Morgan fingerprint density at radius 2 is 1.70 bits per heavy atom. The molecule has 0 fully saturated rings. The molecule has 2 N–H and O–H groups in total. The fourth-order valence-corrected chi connectivity index (χ4v) is 3.59. The molecule has 0 aliphatic carbocycles. The van der Waals surface area contributed by atoms with Gasteiger partial charge >= 0.3 is 0 Å². The maximum absolute atomic E-state index is 9.67. The molecule has 0 spiro atoms. The largest absolute Gasteiger partial charge is 0.505 e. The van der Waals surface area contributed by atoms with Crippen molar-refractivity contribution in [1.29, 1.82) is 0 Å². The average molecular weight is 488 g/mol. The lowest BCUT2D eigenvalue weighted by Gasteiger charge is -2.14. The second-order valence-corrected chi connectivity index (χ2v) is 7.98. The molecule has 0 amide bonds. The summed E-state index contributed by atoms with van der Waals surface area (Å²) < 4.78 is 6.92. The van der Waals surface area contributed by atoms with Gasteiger partial charge in [-0.25, -0.2) is 0 Å². The van der Waals surface area contributed by atoms with E-state index in [2.05, 4.69) is 21.2 Å². The van der Waals surface area contributed by atoms with Gasteiger partial charge in [-0.1, -0.05) is 62.9 Å². The molecule has 7 heteroatoms. The summed E-state index contributed by atoms with van der Waals surface area (Å²) in [5.41, 5.74) is 2.64. The molecule has 0 radical (unpaired) electrons. The number of nitrogens with one attached hydrogen (secondary N) is 1. The van der Waals surface area contributed by atoms with Crippen molar-refractivity contribution in [3.8, 4) is 11.5 Å². The third kappa shape index (κ3) is 5.45. The van der Waals surface area contributed by atoms with Crippen molar-refractivity contribution in [2.45, 2.75) is 13.2 Å². The van der Waals surface area contributed by atoms with Crippen LogP contribution < -0.4 is 10.1 Å². The molecule has 0 bridgehead atoms. The van der Waals surface area contributed by atoms with E-state index in [0.29, 0.717) is 23.9 Å². The Hall–Kier alpha value is -1.59. The molecular formula is C20H15BrCl3NO2. The molecule has 3 nitrogen and oxygen atoms in total. The molecule has 0 atom stereocenters. The summed E-state index contributed by atoms with van der Waals surface area (Å²) in [5, 5.41) is 14.0. The fourth-order valence-electron chi connectivity index (χ4n) is 2.48. The zero-order chi connectivity index (χ0) is 19.4. The quantitative estimate of drug-likeness (QED) is 0.358. The Bertz CT molecular complexity index is 943. The van der Waals surface area contributed by atoms with Crippen molar-refractivity contribution in [1.82, 2.24) is 0 Å². The predicted octanol–water partition coefficient (Wildman–Crippen LogP) is 7.31. The topological polar surface area (TPSA) is 41.5 Å². The van der Waals surface area contributed by atoms with Crippen molar-refractivity contribution in [3.63, 3.8) is 0 Å². The monoisotopic (exact) mass is 485 g/mol. The second-order valence-electron chi connectivity index (χ2n) is 5.81. The molecule has 0 saturated heterocycles. The van der Waals surface area contributed by atoms with Crippen molar-refractivity contribution in [3.05, 3.63) is 85.3 Å². The van der Waals surface area contributed by atoms with Crippen LogP contribution in [0.5, 0.6) is 11.5 Å². The Labute approximate surface area is 181 Å². The van der Waals surface area contributed by atoms with E-state index in [9.17, 15) is 5.11 Å². The first-order valence-electron chi connectivity index (χ1n) is 8.00. The lowest BCUT2D eigenvalue weighted by molar-refractivity contribution is 0.303. The molecule has 140 valence electrons. The van der Waals surface area contributed by atoms with Crippen LogP contribution in [0, 0.1) is 0 Å². The molecule has 3 aromatic rings.